The maximum absolute atomic E-state index is 10.5. The van der Waals surface area contributed by atoms with Crippen molar-refractivity contribution < 1.29 is 15.3 Å². The van der Waals surface area contributed by atoms with Crippen molar-refractivity contribution in [3.63, 3.8) is 0 Å². The van der Waals surface area contributed by atoms with Crippen molar-refractivity contribution in [2.45, 2.75) is 50.5 Å². The number of aryl methyl sites for hydroxylation is 1. The van der Waals surface area contributed by atoms with Gasteiger partial charge in [-0.15, -0.1) is 11.3 Å². The Bertz CT molecular complexity index is 1040. The van der Waals surface area contributed by atoms with E-state index in [0.717, 1.165) is 39.3 Å². The molecule has 2 aliphatic rings. The molecule has 5 N–H and O–H groups in total. The average Bonchev–Trinajstić information content (AvgIpc) is 3.37. The summed E-state index contributed by atoms with van der Waals surface area (Å²) in [5.74, 6) is 0.727. The molecular formula is C20H24N6O3S. The third kappa shape index (κ3) is 3.60. The summed E-state index contributed by atoms with van der Waals surface area (Å²) in [5, 5.41) is 37.6. The number of rotatable bonds is 6. The number of anilines is 2. The number of nitrogens with zero attached hydrogens (tertiary/aromatic N) is 4. The maximum atomic E-state index is 10.5. The third-order valence-corrected chi connectivity index (χ3v) is 6.82. The smallest absolute Gasteiger partial charge is 0.225 e. The summed E-state index contributed by atoms with van der Waals surface area (Å²) >= 11 is 1.53. The Balaban J connectivity index is 1.55. The molecule has 30 heavy (non-hydrogen) atoms. The molecule has 0 spiro atoms. The normalized spacial score (nSPS) is 26.3. The Morgan fingerprint density at radius 3 is 2.67 bits per heavy atom. The quantitative estimate of drug-likeness (QED) is 0.396. The van der Waals surface area contributed by atoms with Gasteiger partial charge < -0.3 is 26.0 Å². The van der Waals surface area contributed by atoms with Gasteiger partial charge in [0, 0.05) is 24.8 Å². The van der Waals surface area contributed by atoms with Gasteiger partial charge in [-0.1, -0.05) is 0 Å². The van der Waals surface area contributed by atoms with Crippen LogP contribution in [0, 0.1) is 12.8 Å². The van der Waals surface area contributed by atoms with E-state index in [4.69, 9.17) is 9.97 Å². The van der Waals surface area contributed by atoms with Crippen LogP contribution < -0.4 is 10.6 Å². The first kappa shape index (κ1) is 19.6. The number of aliphatic hydroxyl groups excluding tert-OH is 3. The van der Waals surface area contributed by atoms with Gasteiger partial charge in [0.1, 0.15) is 22.4 Å². The van der Waals surface area contributed by atoms with Crippen LogP contribution >= 0.6 is 11.3 Å². The predicted octanol–water partition coefficient (Wildman–Crippen LogP) is 1.55. The second-order valence-electron chi connectivity index (χ2n) is 8.05. The topological polar surface area (TPSA) is 136 Å². The van der Waals surface area contributed by atoms with Gasteiger partial charge in [-0.2, -0.15) is 4.98 Å². The minimum absolute atomic E-state index is 0.175. The van der Waals surface area contributed by atoms with E-state index in [1.54, 1.807) is 12.4 Å². The molecule has 2 aliphatic carbocycles. The van der Waals surface area contributed by atoms with E-state index in [2.05, 4.69) is 20.6 Å². The van der Waals surface area contributed by atoms with Crippen molar-refractivity contribution in [1.82, 2.24) is 19.9 Å². The number of aromatic nitrogens is 4. The van der Waals surface area contributed by atoms with Gasteiger partial charge in [0.2, 0.25) is 5.95 Å². The molecule has 10 heteroatoms. The molecule has 158 valence electrons. The lowest BCUT2D eigenvalue weighted by molar-refractivity contribution is 0.00446. The molecule has 0 radical (unpaired) electrons. The van der Waals surface area contributed by atoms with Gasteiger partial charge in [-0.25, -0.2) is 9.97 Å². The standard InChI is InChI=1S/C20H24N6O3S/c1-9-15(19-25-13-7-21-5-4-14(13)30-19)18(26-20(22-9)23-11-2-3-11)24-12-6-10(8-27)16(28)17(12)29/h4-5,7,10-12,16-17,27-29H,2-3,6,8H2,1H3,(H2,22,23,24,26)/t10-,12-,16-,17+/m1/s1. The lowest BCUT2D eigenvalue weighted by Gasteiger charge is -2.21. The van der Waals surface area contributed by atoms with E-state index in [0.29, 0.717) is 24.2 Å². The summed E-state index contributed by atoms with van der Waals surface area (Å²) in [6.45, 7) is 1.74. The summed E-state index contributed by atoms with van der Waals surface area (Å²) in [6.07, 6.45) is 4.13. The number of fused-ring (bicyclic) bond motifs is 1. The van der Waals surface area contributed by atoms with Gasteiger partial charge >= 0.3 is 0 Å². The highest BCUT2D eigenvalue weighted by molar-refractivity contribution is 7.21. The van der Waals surface area contributed by atoms with E-state index >= 15 is 0 Å². The summed E-state index contributed by atoms with van der Waals surface area (Å²) in [6, 6.07) is 1.88. The Labute approximate surface area is 177 Å². The van der Waals surface area contributed by atoms with Gasteiger partial charge in [0.15, 0.2) is 0 Å². The molecule has 0 bridgehead atoms. The van der Waals surface area contributed by atoms with Crippen molar-refractivity contribution in [3.05, 3.63) is 24.2 Å². The number of hydrogen-bond donors (Lipinski definition) is 5. The van der Waals surface area contributed by atoms with Crippen LogP contribution in [0.2, 0.25) is 0 Å². The van der Waals surface area contributed by atoms with E-state index in [1.807, 2.05) is 13.0 Å². The van der Waals surface area contributed by atoms with E-state index in [1.165, 1.54) is 11.3 Å². The molecule has 0 saturated heterocycles. The van der Waals surface area contributed by atoms with E-state index in [-0.39, 0.29) is 12.5 Å². The number of thiazole rings is 1. The Hall–Kier alpha value is -2.40. The Morgan fingerprint density at radius 1 is 1.13 bits per heavy atom. The Kier molecular flexibility index (Phi) is 5.02. The molecule has 3 aromatic heterocycles. The lowest BCUT2D eigenvalue weighted by atomic mass is 10.1. The van der Waals surface area contributed by atoms with E-state index in [9.17, 15) is 15.3 Å². The van der Waals surface area contributed by atoms with Crippen molar-refractivity contribution in [1.29, 1.82) is 0 Å². The zero-order chi connectivity index (χ0) is 20.8. The number of nitrogens with one attached hydrogen (secondary N) is 2. The van der Waals surface area contributed by atoms with Crippen LogP contribution in [-0.4, -0.2) is 66.2 Å². The average molecular weight is 429 g/mol. The van der Waals surface area contributed by atoms with E-state index < -0.39 is 18.2 Å². The molecule has 9 nitrogen and oxygen atoms in total. The highest BCUT2D eigenvalue weighted by Gasteiger charge is 2.41. The molecule has 5 rings (SSSR count). The fourth-order valence-corrected chi connectivity index (χ4v) is 4.95. The van der Waals surface area contributed by atoms with Crippen LogP contribution in [0.15, 0.2) is 18.5 Å². The fraction of sp³-hybridized carbons (Fsp3) is 0.500. The van der Waals surface area contributed by atoms with Crippen LogP contribution in [0.4, 0.5) is 11.8 Å². The summed E-state index contributed by atoms with van der Waals surface area (Å²) in [4.78, 5) is 18.2. The monoisotopic (exact) mass is 428 g/mol. The molecule has 2 saturated carbocycles. The summed E-state index contributed by atoms with van der Waals surface area (Å²) < 4.78 is 1.02. The zero-order valence-electron chi connectivity index (χ0n) is 16.5. The molecule has 0 aromatic carbocycles. The highest BCUT2D eigenvalue weighted by atomic mass is 32.1. The minimum atomic E-state index is -0.996. The van der Waals surface area contributed by atoms with Crippen molar-refractivity contribution >= 4 is 33.3 Å². The van der Waals surface area contributed by atoms with Crippen LogP contribution in [0.3, 0.4) is 0 Å². The first-order chi connectivity index (χ1) is 14.5. The number of aliphatic hydroxyl groups is 3. The molecular weight excluding hydrogens is 404 g/mol. The summed E-state index contributed by atoms with van der Waals surface area (Å²) in [7, 11) is 0. The molecule has 4 atom stereocenters. The Morgan fingerprint density at radius 2 is 1.97 bits per heavy atom. The zero-order valence-corrected chi connectivity index (χ0v) is 17.3. The van der Waals surface area contributed by atoms with Crippen LogP contribution in [0.5, 0.6) is 0 Å². The highest BCUT2D eigenvalue weighted by Crippen LogP contribution is 2.38. The van der Waals surface area contributed by atoms with Gasteiger partial charge in [0.05, 0.1) is 34.3 Å². The minimum Gasteiger partial charge on any atom is -0.396 e. The van der Waals surface area contributed by atoms with Gasteiger partial charge in [-0.05, 0) is 32.3 Å². The van der Waals surface area contributed by atoms with Crippen LogP contribution in [-0.2, 0) is 0 Å². The van der Waals surface area contributed by atoms with Crippen LogP contribution in [0.1, 0.15) is 25.0 Å². The van der Waals surface area contributed by atoms with Gasteiger partial charge in [-0.3, -0.25) is 4.98 Å². The predicted molar refractivity (Wildman–Crippen MR) is 114 cm³/mol. The molecule has 3 heterocycles. The van der Waals surface area contributed by atoms with Crippen molar-refractivity contribution in [3.8, 4) is 10.6 Å². The second kappa shape index (κ2) is 7.69. The van der Waals surface area contributed by atoms with Gasteiger partial charge in [0.25, 0.3) is 0 Å². The SMILES string of the molecule is Cc1nc(NC2CC2)nc(N[C@@H]2C[C@H](CO)[C@@H](O)[C@H]2O)c1-c1nc2cnccc2s1. The first-order valence-electron chi connectivity index (χ1n) is 10.1. The molecule has 0 unspecified atom stereocenters. The number of pyridine rings is 1. The largest absolute Gasteiger partial charge is 0.396 e. The molecule has 0 amide bonds. The third-order valence-electron chi connectivity index (χ3n) is 5.76. The second-order valence-corrected chi connectivity index (χ2v) is 9.08. The number of hydrogen-bond acceptors (Lipinski definition) is 10. The molecule has 2 fully saturated rings. The van der Waals surface area contributed by atoms with Crippen LogP contribution in [0.25, 0.3) is 20.8 Å². The van der Waals surface area contributed by atoms with Crippen molar-refractivity contribution in [2.75, 3.05) is 17.2 Å². The fourth-order valence-electron chi connectivity index (χ4n) is 3.92. The molecule has 0 aliphatic heterocycles. The lowest BCUT2D eigenvalue weighted by Crippen LogP contribution is -2.35. The first-order valence-corrected chi connectivity index (χ1v) is 10.9. The molecule has 3 aromatic rings. The maximum Gasteiger partial charge on any atom is 0.225 e. The summed E-state index contributed by atoms with van der Waals surface area (Å²) in [5.41, 5.74) is 2.35. The van der Waals surface area contributed by atoms with Crippen molar-refractivity contribution in [2.24, 2.45) is 5.92 Å².